The van der Waals surface area contributed by atoms with E-state index in [0.29, 0.717) is 0 Å². The number of hydrogen-bond donors (Lipinski definition) is 1. The van der Waals surface area contributed by atoms with Crippen molar-refractivity contribution in [3.8, 4) is 0 Å². The van der Waals surface area contributed by atoms with Crippen LogP contribution in [-0.2, 0) is 13.1 Å². The fourth-order valence-electron chi connectivity index (χ4n) is 2.06. The zero-order chi connectivity index (χ0) is 13.5. The lowest BCUT2D eigenvalue weighted by Gasteiger charge is -2.22. The van der Waals surface area contributed by atoms with Crippen molar-refractivity contribution >= 4 is 17.0 Å². The van der Waals surface area contributed by atoms with Crippen molar-refractivity contribution < 1.29 is 0 Å². The molecule has 0 amide bonds. The molecule has 19 heavy (non-hydrogen) atoms. The number of benzene rings is 1. The summed E-state index contributed by atoms with van der Waals surface area (Å²) in [5, 5.41) is 3.37. The summed E-state index contributed by atoms with van der Waals surface area (Å²) in [6.07, 6.45) is 0. The quantitative estimate of drug-likeness (QED) is 0.824. The van der Waals surface area contributed by atoms with Crippen LogP contribution in [0.3, 0.4) is 0 Å². The zero-order valence-corrected chi connectivity index (χ0v) is 12.5. The van der Waals surface area contributed by atoms with Crippen LogP contribution >= 0.6 is 11.3 Å². The van der Waals surface area contributed by atoms with Gasteiger partial charge in [0.15, 0.2) is 0 Å². The fourth-order valence-corrected chi connectivity index (χ4v) is 3.07. The number of nitrogens with zero attached hydrogens (tertiary/aromatic N) is 1. The molecule has 1 aromatic heterocycles. The van der Waals surface area contributed by atoms with Crippen molar-refractivity contribution in [1.82, 2.24) is 5.32 Å². The Hall–Kier alpha value is -1.32. The summed E-state index contributed by atoms with van der Waals surface area (Å²) in [5.74, 6) is 0. The standard InChI is InChI=1S/C16H22N2S/c1-3-17-12-15-10-11-16(19-15)13-18(4-2)14-8-6-5-7-9-14/h5-11,17H,3-4,12-13H2,1-2H3. The van der Waals surface area contributed by atoms with E-state index < -0.39 is 0 Å². The van der Waals surface area contributed by atoms with Crippen LogP contribution in [0.1, 0.15) is 23.6 Å². The van der Waals surface area contributed by atoms with Gasteiger partial charge < -0.3 is 10.2 Å². The highest BCUT2D eigenvalue weighted by Crippen LogP contribution is 2.21. The Morgan fingerprint density at radius 2 is 1.74 bits per heavy atom. The van der Waals surface area contributed by atoms with Crippen LogP contribution in [0.5, 0.6) is 0 Å². The lowest BCUT2D eigenvalue weighted by atomic mass is 10.3. The van der Waals surface area contributed by atoms with Gasteiger partial charge >= 0.3 is 0 Å². The van der Waals surface area contributed by atoms with Crippen molar-refractivity contribution in [2.45, 2.75) is 26.9 Å². The highest BCUT2D eigenvalue weighted by atomic mass is 32.1. The summed E-state index contributed by atoms with van der Waals surface area (Å²) in [6, 6.07) is 15.1. The van der Waals surface area contributed by atoms with Crippen molar-refractivity contribution in [2.75, 3.05) is 18.0 Å². The van der Waals surface area contributed by atoms with E-state index in [2.05, 4.69) is 66.5 Å². The Morgan fingerprint density at radius 1 is 1.00 bits per heavy atom. The Bertz CT molecular complexity index is 479. The van der Waals surface area contributed by atoms with Crippen molar-refractivity contribution in [3.63, 3.8) is 0 Å². The number of hydrogen-bond acceptors (Lipinski definition) is 3. The van der Waals surface area contributed by atoms with Gasteiger partial charge in [0.05, 0.1) is 6.54 Å². The SMILES string of the molecule is CCNCc1ccc(CN(CC)c2ccccc2)s1. The molecule has 0 bridgehead atoms. The van der Waals surface area contributed by atoms with E-state index in [1.807, 2.05) is 11.3 Å². The molecule has 102 valence electrons. The number of thiophene rings is 1. The molecule has 3 heteroatoms. The van der Waals surface area contributed by atoms with E-state index in [-0.39, 0.29) is 0 Å². The van der Waals surface area contributed by atoms with Gasteiger partial charge in [-0.15, -0.1) is 11.3 Å². The molecule has 0 aliphatic rings. The molecule has 0 spiro atoms. The number of nitrogens with one attached hydrogen (secondary N) is 1. The van der Waals surface area contributed by atoms with Crippen LogP contribution in [0.2, 0.25) is 0 Å². The molecule has 0 unspecified atom stereocenters. The van der Waals surface area contributed by atoms with Crippen molar-refractivity contribution in [3.05, 3.63) is 52.2 Å². The highest BCUT2D eigenvalue weighted by molar-refractivity contribution is 7.12. The maximum absolute atomic E-state index is 3.37. The van der Waals surface area contributed by atoms with E-state index >= 15 is 0 Å². The molecule has 0 saturated heterocycles. The minimum absolute atomic E-state index is 0.985. The molecule has 0 radical (unpaired) electrons. The molecule has 0 fully saturated rings. The molecule has 0 aliphatic carbocycles. The zero-order valence-electron chi connectivity index (χ0n) is 11.7. The van der Waals surface area contributed by atoms with E-state index in [0.717, 1.165) is 26.2 Å². The minimum Gasteiger partial charge on any atom is -0.367 e. The third-order valence-electron chi connectivity index (χ3n) is 3.12. The molecule has 0 atom stereocenters. The molecule has 1 heterocycles. The maximum Gasteiger partial charge on any atom is 0.0522 e. The minimum atomic E-state index is 0.985. The second-order valence-corrected chi connectivity index (χ2v) is 5.75. The van der Waals surface area contributed by atoms with Crippen molar-refractivity contribution in [1.29, 1.82) is 0 Å². The van der Waals surface area contributed by atoms with Crippen LogP contribution in [0.25, 0.3) is 0 Å². The Morgan fingerprint density at radius 3 is 2.42 bits per heavy atom. The molecule has 0 aliphatic heterocycles. The molecular weight excluding hydrogens is 252 g/mol. The first-order valence-electron chi connectivity index (χ1n) is 6.91. The molecule has 2 nitrogen and oxygen atoms in total. The van der Waals surface area contributed by atoms with Crippen LogP contribution in [0.15, 0.2) is 42.5 Å². The van der Waals surface area contributed by atoms with Crippen LogP contribution in [-0.4, -0.2) is 13.1 Å². The second-order valence-electron chi connectivity index (χ2n) is 4.50. The fraction of sp³-hybridized carbons (Fsp3) is 0.375. The van der Waals surface area contributed by atoms with E-state index in [9.17, 15) is 0 Å². The predicted molar refractivity (Wildman–Crippen MR) is 84.9 cm³/mol. The molecule has 2 aromatic rings. The van der Waals surface area contributed by atoms with Gasteiger partial charge in [0.1, 0.15) is 0 Å². The summed E-state index contributed by atoms with van der Waals surface area (Å²) >= 11 is 1.91. The summed E-state index contributed by atoms with van der Waals surface area (Å²) in [6.45, 7) is 8.39. The van der Waals surface area contributed by atoms with Crippen LogP contribution in [0, 0.1) is 0 Å². The molecule has 2 rings (SSSR count). The summed E-state index contributed by atoms with van der Waals surface area (Å²) in [5.41, 5.74) is 1.30. The topological polar surface area (TPSA) is 15.3 Å². The lowest BCUT2D eigenvalue weighted by molar-refractivity contribution is 0.735. The number of anilines is 1. The van der Waals surface area contributed by atoms with E-state index in [1.165, 1.54) is 15.4 Å². The second kappa shape index (κ2) is 7.31. The van der Waals surface area contributed by atoms with Gasteiger partial charge in [-0.3, -0.25) is 0 Å². The van der Waals surface area contributed by atoms with Gasteiger partial charge in [0.25, 0.3) is 0 Å². The van der Waals surface area contributed by atoms with Gasteiger partial charge in [-0.05, 0) is 37.7 Å². The Labute approximate surface area is 120 Å². The summed E-state index contributed by atoms with van der Waals surface area (Å²) in [7, 11) is 0. The first-order chi connectivity index (χ1) is 9.33. The first kappa shape index (κ1) is 14.1. The van der Waals surface area contributed by atoms with Crippen molar-refractivity contribution in [2.24, 2.45) is 0 Å². The summed E-state index contributed by atoms with van der Waals surface area (Å²) < 4.78 is 0. The molecular formula is C16H22N2S. The average Bonchev–Trinajstić information content (AvgIpc) is 2.91. The lowest BCUT2D eigenvalue weighted by Crippen LogP contribution is -2.21. The molecule has 0 saturated carbocycles. The monoisotopic (exact) mass is 274 g/mol. The summed E-state index contributed by atoms with van der Waals surface area (Å²) in [4.78, 5) is 5.25. The Balaban J connectivity index is 2.00. The third kappa shape index (κ3) is 4.08. The van der Waals surface area contributed by atoms with Gasteiger partial charge in [0.2, 0.25) is 0 Å². The van der Waals surface area contributed by atoms with Crippen LogP contribution in [0.4, 0.5) is 5.69 Å². The van der Waals surface area contributed by atoms with Crippen LogP contribution < -0.4 is 10.2 Å². The van der Waals surface area contributed by atoms with Gasteiger partial charge in [-0.1, -0.05) is 25.1 Å². The number of rotatable bonds is 7. The molecule has 1 aromatic carbocycles. The smallest absolute Gasteiger partial charge is 0.0522 e. The highest BCUT2D eigenvalue weighted by Gasteiger charge is 2.07. The molecule has 1 N–H and O–H groups in total. The largest absolute Gasteiger partial charge is 0.367 e. The maximum atomic E-state index is 3.37. The average molecular weight is 274 g/mol. The van der Waals surface area contributed by atoms with Gasteiger partial charge in [-0.2, -0.15) is 0 Å². The van der Waals surface area contributed by atoms with E-state index in [1.54, 1.807) is 0 Å². The van der Waals surface area contributed by atoms with Gasteiger partial charge in [-0.25, -0.2) is 0 Å². The van der Waals surface area contributed by atoms with E-state index in [4.69, 9.17) is 0 Å². The predicted octanol–water partition coefficient (Wildman–Crippen LogP) is 3.88. The number of para-hydroxylation sites is 1. The van der Waals surface area contributed by atoms with Gasteiger partial charge in [0, 0.05) is 28.5 Å². The first-order valence-corrected chi connectivity index (χ1v) is 7.73. The Kier molecular flexibility index (Phi) is 5.43. The normalized spacial score (nSPS) is 10.6. The third-order valence-corrected chi connectivity index (χ3v) is 4.19.